The van der Waals surface area contributed by atoms with Crippen LogP contribution in [0.3, 0.4) is 0 Å². The second kappa shape index (κ2) is 9.68. The molecule has 1 atom stereocenters. The SMILES string of the molecule is O=C(O)CCC(Cc1ccccc1)NC(=O)N1CCN(c2ncccn2)CC1. The summed E-state index contributed by atoms with van der Waals surface area (Å²) in [6.07, 6.45) is 4.44. The number of aromatic nitrogens is 2. The summed E-state index contributed by atoms with van der Waals surface area (Å²) in [6, 6.07) is 11.2. The van der Waals surface area contributed by atoms with Gasteiger partial charge in [-0.25, -0.2) is 14.8 Å². The fourth-order valence-corrected chi connectivity index (χ4v) is 3.25. The third-order valence-electron chi connectivity index (χ3n) is 4.76. The maximum Gasteiger partial charge on any atom is 0.317 e. The standard InChI is InChI=1S/C20H25N5O3/c26-18(27)8-7-17(15-16-5-2-1-3-6-16)23-20(28)25-13-11-24(12-14-25)19-21-9-4-10-22-19/h1-6,9-10,17H,7-8,11-15H2,(H,23,28)(H,26,27). The molecule has 1 unspecified atom stereocenters. The first-order valence-corrected chi connectivity index (χ1v) is 9.45. The van der Waals surface area contributed by atoms with Crippen molar-refractivity contribution in [2.45, 2.75) is 25.3 Å². The lowest BCUT2D eigenvalue weighted by atomic mass is 10.0. The Balaban J connectivity index is 1.55. The zero-order chi connectivity index (χ0) is 19.8. The number of carboxylic acid groups (broad SMARTS) is 1. The molecule has 0 radical (unpaired) electrons. The minimum absolute atomic E-state index is 0.0247. The molecule has 28 heavy (non-hydrogen) atoms. The van der Waals surface area contributed by atoms with Gasteiger partial charge in [0.25, 0.3) is 0 Å². The summed E-state index contributed by atoms with van der Waals surface area (Å²) in [5.41, 5.74) is 1.07. The van der Waals surface area contributed by atoms with E-state index in [1.165, 1.54) is 0 Å². The summed E-state index contributed by atoms with van der Waals surface area (Å²) >= 11 is 0. The quantitative estimate of drug-likeness (QED) is 0.756. The second-order valence-corrected chi connectivity index (χ2v) is 6.79. The van der Waals surface area contributed by atoms with E-state index >= 15 is 0 Å². The van der Waals surface area contributed by atoms with Crippen LogP contribution in [0.15, 0.2) is 48.8 Å². The number of hydrogen-bond donors (Lipinski definition) is 2. The van der Waals surface area contributed by atoms with Crippen LogP contribution in [0, 0.1) is 0 Å². The van der Waals surface area contributed by atoms with E-state index in [-0.39, 0.29) is 18.5 Å². The summed E-state index contributed by atoms with van der Waals surface area (Å²) < 4.78 is 0. The van der Waals surface area contributed by atoms with Crippen LogP contribution in [0.1, 0.15) is 18.4 Å². The normalized spacial score (nSPS) is 15.1. The number of benzene rings is 1. The van der Waals surface area contributed by atoms with Crippen LogP contribution in [0.5, 0.6) is 0 Å². The molecule has 2 aromatic rings. The Morgan fingerprint density at radius 2 is 1.71 bits per heavy atom. The minimum Gasteiger partial charge on any atom is -0.481 e. The first-order chi connectivity index (χ1) is 13.6. The smallest absolute Gasteiger partial charge is 0.317 e. The van der Waals surface area contributed by atoms with Gasteiger partial charge in [0, 0.05) is 51.0 Å². The molecule has 2 amide bonds. The van der Waals surface area contributed by atoms with Gasteiger partial charge in [0.2, 0.25) is 5.95 Å². The number of amides is 2. The lowest BCUT2D eigenvalue weighted by molar-refractivity contribution is -0.137. The van der Waals surface area contributed by atoms with Crippen molar-refractivity contribution < 1.29 is 14.7 Å². The largest absolute Gasteiger partial charge is 0.481 e. The first-order valence-electron chi connectivity index (χ1n) is 9.45. The fourth-order valence-electron chi connectivity index (χ4n) is 3.25. The van der Waals surface area contributed by atoms with Gasteiger partial charge in [-0.05, 0) is 24.5 Å². The molecule has 148 valence electrons. The Labute approximate surface area is 164 Å². The number of urea groups is 1. The first kappa shape index (κ1) is 19.6. The average Bonchev–Trinajstić information content (AvgIpc) is 2.73. The number of aliphatic carboxylic acids is 1. The molecule has 1 saturated heterocycles. The van der Waals surface area contributed by atoms with Gasteiger partial charge in [0.1, 0.15) is 0 Å². The highest BCUT2D eigenvalue weighted by atomic mass is 16.4. The molecule has 1 aromatic carbocycles. The zero-order valence-corrected chi connectivity index (χ0v) is 15.7. The Bertz CT molecular complexity index is 764. The highest BCUT2D eigenvalue weighted by molar-refractivity contribution is 5.75. The summed E-state index contributed by atoms with van der Waals surface area (Å²) in [6.45, 7) is 2.47. The summed E-state index contributed by atoms with van der Waals surface area (Å²) in [5, 5.41) is 12.0. The molecule has 3 rings (SSSR count). The molecule has 1 aliphatic rings. The Morgan fingerprint density at radius 3 is 2.36 bits per heavy atom. The molecular weight excluding hydrogens is 358 g/mol. The lowest BCUT2D eigenvalue weighted by Gasteiger charge is -2.35. The van der Waals surface area contributed by atoms with Crippen LogP contribution >= 0.6 is 0 Å². The predicted molar refractivity (Wildman–Crippen MR) is 105 cm³/mol. The third-order valence-corrected chi connectivity index (χ3v) is 4.76. The van der Waals surface area contributed by atoms with Crippen LogP contribution in [-0.4, -0.2) is 64.2 Å². The second-order valence-electron chi connectivity index (χ2n) is 6.79. The number of piperazine rings is 1. The Hall–Kier alpha value is -3.16. The molecule has 0 spiro atoms. The number of hydrogen-bond acceptors (Lipinski definition) is 5. The van der Waals surface area contributed by atoms with E-state index in [0.717, 1.165) is 5.56 Å². The van der Waals surface area contributed by atoms with Crippen molar-refractivity contribution in [3.63, 3.8) is 0 Å². The Morgan fingerprint density at radius 1 is 1.04 bits per heavy atom. The maximum atomic E-state index is 12.7. The summed E-state index contributed by atoms with van der Waals surface area (Å²) in [5.74, 6) is -0.185. The molecule has 8 heteroatoms. The van der Waals surface area contributed by atoms with Gasteiger partial charge in [0.05, 0.1) is 0 Å². The van der Waals surface area contributed by atoms with Gasteiger partial charge >= 0.3 is 12.0 Å². The Kier molecular flexibility index (Phi) is 6.78. The van der Waals surface area contributed by atoms with Crippen molar-refractivity contribution in [2.75, 3.05) is 31.1 Å². The number of carbonyl (C=O) groups is 2. The van der Waals surface area contributed by atoms with E-state index in [1.54, 1.807) is 23.4 Å². The fraction of sp³-hybridized carbons (Fsp3) is 0.400. The summed E-state index contributed by atoms with van der Waals surface area (Å²) in [7, 11) is 0. The van der Waals surface area contributed by atoms with E-state index in [2.05, 4.69) is 20.2 Å². The zero-order valence-electron chi connectivity index (χ0n) is 15.7. The molecular formula is C20H25N5O3. The predicted octanol–water partition coefficient (Wildman–Crippen LogP) is 1.78. The van der Waals surface area contributed by atoms with Gasteiger partial charge in [0.15, 0.2) is 0 Å². The van der Waals surface area contributed by atoms with E-state index in [4.69, 9.17) is 5.11 Å². The van der Waals surface area contributed by atoms with Gasteiger partial charge in [-0.3, -0.25) is 4.79 Å². The molecule has 1 aliphatic heterocycles. The number of nitrogens with one attached hydrogen (secondary N) is 1. The highest BCUT2D eigenvalue weighted by Crippen LogP contribution is 2.12. The van der Waals surface area contributed by atoms with Gasteiger partial charge < -0.3 is 20.2 Å². The van der Waals surface area contributed by atoms with Crippen molar-refractivity contribution in [1.82, 2.24) is 20.2 Å². The molecule has 0 saturated carbocycles. The van der Waals surface area contributed by atoms with Gasteiger partial charge in [-0.1, -0.05) is 30.3 Å². The third kappa shape index (κ3) is 5.67. The van der Waals surface area contributed by atoms with Gasteiger partial charge in [-0.2, -0.15) is 0 Å². The number of nitrogens with zero attached hydrogens (tertiary/aromatic N) is 4. The number of carbonyl (C=O) groups excluding carboxylic acids is 1. The average molecular weight is 383 g/mol. The van der Waals surface area contributed by atoms with Crippen LogP contribution in [0.2, 0.25) is 0 Å². The van der Waals surface area contributed by atoms with Crippen molar-refractivity contribution in [2.24, 2.45) is 0 Å². The van der Waals surface area contributed by atoms with Crippen LogP contribution in [0.25, 0.3) is 0 Å². The number of anilines is 1. The molecule has 0 bridgehead atoms. The van der Waals surface area contributed by atoms with Crippen molar-refractivity contribution in [1.29, 1.82) is 0 Å². The topological polar surface area (TPSA) is 98.7 Å². The molecule has 2 N–H and O–H groups in total. The minimum atomic E-state index is -0.858. The van der Waals surface area contributed by atoms with E-state index in [1.807, 2.05) is 30.3 Å². The van der Waals surface area contributed by atoms with Gasteiger partial charge in [-0.15, -0.1) is 0 Å². The maximum absolute atomic E-state index is 12.7. The van der Waals surface area contributed by atoms with Crippen molar-refractivity contribution in [3.05, 3.63) is 54.4 Å². The molecule has 2 heterocycles. The summed E-state index contributed by atoms with van der Waals surface area (Å²) in [4.78, 5) is 36.0. The monoisotopic (exact) mass is 383 g/mol. The van der Waals surface area contributed by atoms with E-state index in [9.17, 15) is 9.59 Å². The van der Waals surface area contributed by atoms with E-state index < -0.39 is 5.97 Å². The van der Waals surface area contributed by atoms with Crippen molar-refractivity contribution in [3.8, 4) is 0 Å². The molecule has 1 fully saturated rings. The highest BCUT2D eigenvalue weighted by Gasteiger charge is 2.24. The molecule has 8 nitrogen and oxygen atoms in total. The van der Waals surface area contributed by atoms with Crippen LogP contribution < -0.4 is 10.2 Å². The number of carboxylic acids is 1. The molecule has 1 aromatic heterocycles. The lowest BCUT2D eigenvalue weighted by Crippen LogP contribution is -2.54. The van der Waals surface area contributed by atoms with E-state index in [0.29, 0.717) is 45.0 Å². The number of rotatable bonds is 7. The van der Waals surface area contributed by atoms with Crippen LogP contribution in [-0.2, 0) is 11.2 Å². The molecule has 0 aliphatic carbocycles. The van der Waals surface area contributed by atoms with Crippen molar-refractivity contribution >= 4 is 17.9 Å². The van der Waals surface area contributed by atoms with Crippen LogP contribution in [0.4, 0.5) is 10.7 Å².